The minimum absolute atomic E-state index is 0. The lowest BCUT2D eigenvalue weighted by molar-refractivity contribution is 0.0376. The highest BCUT2D eigenvalue weighted by molar-refractivity contribution is 7.22. The van der Waals surface area contributed by atoms with Crippen molar-refractivity contribution in [3.05, 3.63) is 52.5 Å². The van der Waals surface area contributed by atoms with Crippen LogP contribution in [0, 0.1) is 6.92 Å². The van der Waals surface area contributed by atoms with Gasteiger partial charge >= 0.3 is 0 Å². The summed E-state index contributed by atoms with van der Waals surface area (Å²) in [7, 11) is 1.61. The van der Waals surface area contributed by atoms with Crippen LogP contribution in [-0.4, -0.2) is 62.3 Å². The molecule has 1 saturated heterocycles. The van der Waals surface area contributed by atoms with Gasteiger partial charge in [0.2, 0.25) is 0 Å². The van der Waals surface area contributed by atoms with E-state index in [0.717, 1.165) is 60.8 Å². The molecule has 172 valence electrons. The molecule has 0 saturated carbocycles. The van der Waals surface area contributed by atoms with Gasteiger partial charge in [0.25, 0.3) is 5.91 Å². The van der Waals surface area contributed by atoms with Crippen LogP contribution in [0.15, 0.2) is 36.4 Å². The number of anilines is 1. The Morgan fingerprint density at radius 3 is 2.62 bits per heavy atom. The van der Waals surface area contributed by atoms with Crippen LogP contribution in [0.5, 0.6) is 5.75 Å². The maximum absolute atomic E-state index is 13.4. The number of carbonyl (C=O) groups is 1. The van der Waals surface area contributed by atoms with Crippen LogP contribution in [0.4, 0.5) is 5.13 Å². The van der Waals surface area contributed by atoms with Crippen LogP contribution >= 0.6 is 35.3 Å². The van der Waals surface area contributed by atoms with Crippen molar-refractivity contribution in [3.63, 3.8) is 0 Å². The molecule has 1 amide bonds. The Bertz CT molecular complexity index is 1050. The summed E-state index contributed by atoms with van der Waals surface area (Å²) in [5.41, 5.74) is 2.40. The summed E-state index contributed by atoms with van der Waals surface area (Å²) in [4.78, 5) is 22.4. The molecule has 0 N–H and O–H groups in total. The molecule has 0 unspecified atom stereocenters. The van der Waals surface area contributed by atoms with Crippen molar-refractivity contribution >= 4 is 56.6 Å². The maximum Gasteiger partial charge on any atom is 0.260 e. The van der Waals surface area contributed by atoms with Crippen LogP contribution in [0.3, 0.4) is 0 Å². The first-order valence-corrected chi connectivity index (χ1v) is 11.6. The molecule has 1 aliphatic rings. The smallest absolute Gasteiger partial charge is 0.260 e. The van der Waals surface area contributed by atoms with Gasteiger partial charge in [0.1, 0.15) is 5.75 Å². The number of halogens is 2. The largest absolute Gasteiger partial charge is 0.497 e. The monoisotopic (exact) mass is 495 g/mol. The molecule has 32 heavy (non-hydrogen) atoms. The van der Waals surface area contributed by atoms with Crippen molar-refractivity contribution in [3.8, 4) is 5.75 Å². The van der Waals surface area contributed by atoms with E-state index >= 15 is 0 Å². The zero-order chi connectivity index (χ0) is 21.8. The Morgan fingerprint density at radius 1 is 1.22 bits per heavy atom. The third-order valence-corrected chi connectivity index (χ3v) is 6.96. The van der Waals surface area contributed by atoms with Crippen molar-refractivity contribution in [1.29, 1.82) is 0 Å². The number of carbonyl (C=O) groups excluding carboxylic acids is 1. The standard InChI is InChI=1S/C23H26ClN3O3S.ClH/c1-16-19(24)8-9-20-21(16)25-23(31-20)27(11-3-10-26-12-14-30-15-13-26)22(28)17-4-6-18(29-2)7-5-17;/h4-9H,3,10-15H2,1-2H3;1H. The molecule has 1 fully saturated rings. The molecule has 0 radical (unpaired) electrons. The van der Waals surface area contributed by atoms with Gasteiger partial charge in [-0.25, -0.2) is 4.98 Å². The number of aromatic nitrogens is 1. The maximum atomic E-state index is 13.4. The van der Waals surface area contributed by atoms with Crippen LogP contribution in [0.2, 0.25) is 5.02 Å². The fraction of sp³-hybridized carbons (Fsp3) is 0.391. The summed E-state index contributed by atoms with van der Waals surface area (Å²) in [6, 6.07) is 11.1. The lowest BCUT2D eigenvalue weighted by Gasteiger charge is -2.27. The van der Waals surface area contributed by atoms with Gasteiger partial charge in [-0.2, -0.15) is 0 Å². The van der Waals surface area contributed by atoms with E-state index in [-0.39, 0.29) is 18.3 Å². The van der Waals surface area contributed by atoms with E-state index in [9.17, 15) is 4.79 Å². The molecule has 9 heteroatoms. The summed E-state index contributed by atoms with van der Waals surface area (Å²) in [5.74, 6) is 0.660. The fourth-order valence-corrected chi connectivity index (χ4v) is 4.86. The quantitative estimate of drug-likeness (QED) is 0.458. The Morgan fingerprint density at radius 2 is 1.94 bits per heavy atom. The van der Waals surface area contributed by atoms with Crippen LogP contribution in [0.25, 0.3) is 10.2 Å². The Hall–Kier alpha value is -1.90. The SMILES string of the molecule is COc1ccc(C(=O)N(CCCN2CCOCC2)c2nc3c(C)c(Cl)ccc3s2)cc1.Cl. The number of fused-ring (bicyclic) bond motifs is 1. The molecule has 6 nitrogen and oxygen atoms in total. The van der Waals surface area contributed by atoms with Crippen molar-refractivity contribution in [2.24, 2.45) is 0 Å². The van der Waals surface area contributed by atoms with Gasteiger partial charge in [0.15, 0.2) is 5.13 Å². The van der Waals surface area contributed by atoms with Gasteiger partial charge < -0.3 is 9.47 Å². The minimum Gasteiger partial charge on any atom is -0.497 e. The lowest BCUT2D eigenvalue weighted by Crippen LogP contribution is -2.39. The molecule has 2 heterocycles. The van der Waals surface area contributed by atoms with Crippen molar-refractivity contribution < 1.29 is 14.3 Å². The average Bonchev–Trinajstić information content (AvgIpc) is 3.24. The third kappa shape index (κ3) is 5.53. The number of rotatable bonds is 7. The highest BCUT2D eigenvalue weighted by atomic mass is 35.5. The normalized spacial score (nSPS) is 14.2. The summed E-state index contributed by atoms with van der Waals surface area (Å²) < 4.78 is 11.7. The summed E-state index contributed by atoms with van der Waals surface area (Å²) in [5, 5.41) is 1.38. The van der Waals surface area contributed by atoms with Gasteiger partial charge in [-0.05, 0) is 55.3 Å². The highest BCUT2D eigenvalue weighted by Crippen LogP contribution is 2.34. The first-order valence-electron chi connectivity index (χ1n) is 10.4. The van der Waals surface area contributed by atoms with Gasteiger partial charge in [-0.3, -0.25) is 14.6 Å². The number of nitrogens with zero attached hydrogens (tertiary/aromatic N) is 3. The third-order valence-electron chi connectivity index (χ3n) is 5.51. The molecule has 4 rings (SSSR count). The Kier molecular flexibility index (Phi) is 8.73. The summed E-state index contributed by atoms with van der Waals surface area (Å²) >= 11 is 7.81. The molecule has 0 atom stereocenters. The Balaban J connectivity index is 0.00000289. The van der Waals surface area contributed by atoms with Gasteiger partial charge in [0, 0.05) is 36.8 Å². The zero-order valence-corrected chi connectivity index (χ0v) is 20.6. The fourth-order valence-electron chi connectivity index (χ4n) is 3.65. The molecule has 3 aromatic rings. The molecular weight excluding hydrogens is 469 g/mol. The predicted octanol–water partition coefficient (Wildman–Crippen LogP) is 5.06. The number of amides is 1. The molecule has 0 aliphatic carbocycles. The zero-order valence-electron chi connectivity index (χ0n) is 18.2. The van der Waals surface area contributed by atoms with Crippen LogP contribution < -0.4 is 9.64 Å². The number of hydrogen-bond acceptors (Lipinski definition) is 6. The molecule has 1 aliphatic heterocycles. The van der Waals surface area contributed by atoms with Crippen molar-refractivity contribution in [1.82, 2.24) is 9.88 Å². The number of benzene rings is 2. The minimum atomic E-state index is -0.0626. The lowest BCUT2D eigenvalue weighted by atomic mass is 10.2. The van der Waals surface area contributed by atoms with Gasteiger partial charge in [-0.15, -0.1) is 12.4 Å². The summed E-state index contributed by atoms with van der Waals surface area (Å²) in [6.45, 7) is 6.89. The summed E-state index contributed by atoms with van der Waals surface area (Å²) in [6.07, 6.45) is 0.859. The van der Waals surface area contributed by atoms with E-state index in [1.165, 1.54) is 11.3 Å². The number of ether oxygens (including phenoxy) is 2. The first-order chi connectivity index (χ1) is 15.1. The first kappa shape index (κ1) is 24.7. The van der Waals surface area contributed by atoms with Gasteiger partial charge in [-0.1, -0.05) is 22.9 Å². The van der Waals surface area contributed by atoms with E-state index < -0.39 is 0 Å². The second kappa shape index (κ2) is 11.3. The van der Waals surface area contributed by atoms with E-state index in [4.69, 9.17) is 26.1 Å². The molecule has 2 aromatic carbocycles. The molecule has 1 aromatic heterocycles. The number of thiazole rings is 1. The second-order valence-electron chi connectivity index (χ2n) is 7.51. The van der Waals surface area contributed by atoms with Crippen molar-refractivity contribution in [2.75, 3.05) is 51.4 Å². The number of hydrogen-bond donors (Lipinski definition) is 0. The van der Waals surface area contributed by atoms with Crippen LogP contribution in [-0.2, 0) is 4.74 Å². The number of aryl methyl sites for hydroxylation is 1. The van der Waals surface area contributed by atoms with E-state index in [2.05, 4.69) is 4.90 Å². The second-order valence-corrected chi connectivity index (χ2v) is 8.92. The van der Waals surface area contributed by atoms with E-state index in [1.807, 2.05) is 19.1 Å². The molecule has 0 spiro atoms. The average molecular weight is 496 g/mol. The Labute approximate surface area is 203 Å². The highest BCUT2D eigenvalue weighted by Gasteiger charge is 2.22. The topological polar surface area (TPSA) is 54.9 Å². The molecule has 0 bridgehead atoms. The van der Waals surface area contributed by atoms with Crippen molar-refractivity contribution in [2.45, 2.75) is 13.3 Å². The van der Waals surface area contributed by atoms with Crippen LogP contribution in [0.1, 0.15) is 22.3 Å². The van der Waals surface area contributed by atoms with Gasteiger partial charge in [0.05, 0.1) is 30.5 Å². The van der Waals surface area contributed by atoms with E-state index in [0.29, 0.717) is 22.3 Å². The van der Waals surface area contributed by atoms with E-state index in [1.54, 1.807) is 36.3 Å². The number of morpholine rings is 1. The number of methoxy groups -OCH3 is 1. The predicted molar refractivity (Wildman–Crippen MR) is 133 cm³/mol. The molecular formula is C23H27Cl2N3O3S.